The Kier molecular flexibility index (Phi) is 7.96. The topological polar surface area (TPSA) is 93.1 Å². The number of benzene rings is 3. The summed E-state index contributed by atoms with van der Waals surface area (Å²) in [6.07, 6.45) is -1.08. The van der Waals surface area contributed by atoms with Crippen LogP contribution >= 0.6 is 0 Å². The molecule has 1 saturated heterocycles. The van der Waals surface area contributed by atoms with Crippen molar-refractivity contribution < 1.29 is 27.8 Å². The quantitative estimate of drug-likeness (QED) is 0.444. The fourth-order valence-corrected chi connectivity index (χ4v) is 5.07. The maximum atomic E-state index is 13.1. The van der Waals surface area contributed by atoms with Crippen LogP contribution in [0.2, 0.25) is 0 Å². The van der Waals surface area contributed by atoms with Gasteiger partial charge in [0.25, 0.3) is 5.91 Å². The van der Waals surface area contributed by atoms with E-state index in [4.69, 9.17) is 9.47 Å². The van der Waals surface area contributed by atoms with Gasteiger partial charge in [0, 0.05) is 24.4 Å². The molecule has 3 aromatic carbocycles. The van der Waals surface area contributed by atoms with Crippen LogP contribution < -0.4 is 14.4 Å². The second kappa shape index (κ2) is 11.1. The van der Waals surface area contributed by atoms with Crippen LogP contribution in [-0.2, 0) is 14.6 Å². The van der Waals surface area contributed by atoms with Crippen LogP contribution in [0.1, 0.15) is 18.9 Å². The molecule has 1 aliphatic rings. The number of sulfone groups is 1. The average Bonchev–Trinajstić information content (AvgIpc) is 3.23. The Hall–Kier alpha value is -3.36. The Morgan fingerprint density at radius 1 is 1.03 bits per heavy atom. The fourth-order valence-electron chi connectivity index (χ4n) is 4.15. The van der Waals surface area contributed by atoms with Crippen LogP contribution in [0.3, 0.4) is 0 Å². The van der Waals surface area contributed by atoms with Crippen LogP contribution in [0.4, 0.5) is 5.69 Å². The number of nitrogens with zero attached hydrogens (tertiary/aromatic N) is 1. The molecule has 0 saturated carbocycles. The number of hydrogen-bond donors (Lipinski definition) is 1. The van der Waals surface area contributed by atoms with Crippen molar-refractivity contribution in [2.45, 2.75) is 32.5 Å². The smallest absolute Gasteiger partial charge is 0.268 e. The van der Waals surface area contributed by atoms with Crippen molar-refractivity contribution in [2.75, 3.05) is 29.6 Å². The van der Waals surface area contributed by atoms with Crippen LogP contribution in [0, 0.1) is 6.92 Å². The van der Waals surface area contributed by atoms with Crippen LogP contribution in [0.5, 0.6) is 11.5 Å². The lowest BCUT2D eigenvalue weighted by atomic mass is 10.1. The zero-order chi connectivity index (χ0) is 25.7. The lowest BCUT2D eigenvalue weighted by Crippen LogP contribution is -2.32. The number of hydrogen-bond acceptors (Lipinski definition) is 6. The zero-order valence-corrected chi connectivity index (χ0v) is 21.3. The Labute approximate surface area is 212 Å². The van der Waals surface area contributed by atoms with E-state index < -0.39 is 22.0 Å². The molecule has 4 rings (SSSR count). The standard InChI is InChI=1S/C28H31NO6S/c1-3-36(32,33)19-24(30)18-34-26-14-11-23(17-20(26)2)29-16-15-27(28(29)31)35-25-12-9-22(10-13-25)21-7-5-4-6-8-21/h4-14,17,24,27,30H,3,15-16,18-19H2,1-2H3/t24-,27?/m0/s1. The van der Waals surface area contributed by atoms with Crippen LogP contribution in [0.15, 0.2) is 72.8 Å². The molecule has 0 spiro atoms. The van der Waals surface area contributed by atoms with Gasteiger partial charge >= 0.3 is 0 Å². The van der Waals surface area contributed by atoms with Gasteiger partial charge in [-0.05, 0) is 53.9 Å². The van der Waals surface area contributed by atoms with Crippen molar-refractivity contribution >= 4 is 21.4 Å². The third kappa shape index (κ3) is 6.25. The highest BCUT2D eigenvalue weighted by Gasteiger charge is 2.34. The number of carbonyl (C=O) groups is 1. The van der Waals surface area contributed by atoms with Gasteiger partial charge in [-0.3, -0.25) is 4.79 Å². The Balaban J connectivity index is 1.35. The normalized spacial score (nSPS) is 16.7. The average molecular weight is 510 g/mol. The number of aliphatic hydroxyl groups excluding tert-OH is 1. The summed E-state index contributed by atoms with van der Waals surface area (Å²) in [5, 5.41) is 9.98. The van der Waals surface area contributed by atoms with E-state index in [0.717, 1.165) is 22.4 Å². The molecule has 3 aromatic rings. The summed E-state index contributed by atoms with van der Waals surface area (Å²) in [5.74, 6) is 0.725. The van der Waals surface area contributed by atoms with Crippen molar-refractivity contribution in [3.63, 3.8) is 0 Å². The minimum Gasteiger partial charge on any atom is -0.491 e. The van der Waals surface area contributed by atoms with E-state index in [9.17, 15) is 18.3 Å². The van der Waals surface area contributed by atoms with E-state index in [0.29, 0.717) is 24.5 Å². The van der Waals surface area contributed by atoms with E-state index >= 15 is 0 Å². The first-order chi connectivity index (χ1) is 17.3. The Bertz CT molecular complexity index is 1290. The third-order valence-corrected chi connectivity index (χ3v) is 7.96. The van der Waals surface area contributed by atoms with Gasteiger partial charge in [0.2, 0.25) is 0 Å². The van der Waals surface area contributed by atoms with E-state index in [1.807, 2.05) is 67.6 Å². The van der Waals surface area contributed by atoms with E-state index in [1.165, 1.54) is 0 Å². The molecule has 1 fully saturated rings. The first-order valence-electron chi connectivity index (χ1n) is 12.0. The molecule has 0 bridgehead atoms. The highest BCUT2D eigenvalue weighted by atomic mass is 32.2. The number of ether oxygens (including phenoxy) is 2. The molecule has 36 heavy (non-hydrogen) atoms. The molecular formula is C28H31NO6S. The van der Waals surface area contributed by atoms with Gasteiger partial charge < -0.3 is 19.5 Å². The van der Waals surface area contributed by atoms with Crippen LogP contribution in [-0.4, -0.2) is 56.3 Å². The fraction of sp³-hybridized carbons (Fsp3) is 0.321. The molecule has 1 heterocycles. The van der Waals surface area contributed by atoms with Crippen molar-refractivity contribution in [3.05, 3.63) is 78.4 Å². The predicted molar refractivity (Wildman–Crippen MR) is 140 cm³/mol. The zero-order valence-electron chi connectivity index (χ0n) is 20.5. The molecule has 190 valence electrons. The molecule has 1 N–H and O–H groups in total. The predicted octanol–water partition coefficient (Wildman–Crippen LogP) is 4.02. The largest absolute Gasteiger partial charge is 0.491 e. The monoisotopic (exact) mass is 509 g/mol. The van der Waals surface area contributed by atoms with Crippen molar-refractivity contribution in [1.29, 1.82) is 0 Å². The van der Waals surface area contributed by atoms with Gasteiger partial charge in [-0.1, -0.05) is 49.4 Å². The second-order valence-corrected chi connectivity index (χ2v) is 11.3. The first-order valence-corrected chi connectivity index (χ1v) is 13.8. The van der Waals surface area contributed by atoms with Crippen molar-refractivity contribution in [2.24, 2.45) is 0 Å². The molecule has 0 radical (unpaired) electrons. The number of aliphatic hydroxyl groups is 1. The van der Waals surface area contributed by atoms with Crippen molar-refractivity contribution in [3.8, 4) is 22.6 Å². The Morgan fingerprint density at radius 2 is 1.72 bits per heavy atom. The lowest BCUT2D eigenvalue weighted by Gasteiger charge is -2.19. The van der Waals surface area contributed by atoms with E-state index in [2.05, 4.69) is 0 Å². The summed E-state index contributed by atoms with van der Waals surface area (Å²) in [6, 6.07) is 23.2. The molecule has 0 aliphatic carbocycles. The van der Waals surface area contributed by atoms with Crippen LogP contribution in [0.25, 0.3) is 11.1 Å². The number of carbonyl (C=O) groups excluding carboxylic acids is 1. The van der Waals surface area contributed by atoms with Gasteiger partial charge in [-0.2, -0.15) is 0 Å². The van der Waals surface area contributed by atoms with E-state index in [1.54, 1.807) is 24.0 Å². The second-order valence-electron chi connectivity index (χ2n) is 8.89. The van der Waals surface area contributed by atoms with Gasteiger partial charge in [0.1, 0.15) is 24.2 Å². The lowest BCUT2D eigenvalue weighted by molar-refractivity contribution is -0.122. The van der Waals surface area contributed by atoms with E-state index in [-0.39, 0.29) is 24.0 Å². The summed E-state index contributed by atoms with van der Waals surface area (Å²) >= 11 is 0. The highest BCUT2D eigenvalue weighted by Crippen LogP contribution is 2.30. The summed E-state index contributed by atoms with van der Waals surface area (Å²) in [5.41, 5.74) is 3.73. The molecule has 1 aliphatic heterocycles. The summed E-state index contributed by atoms with van der Waals surface area (Å²) in [7, 11) is -3.29. The molecule has 0 aromatic heterocycles. The Morgan fingerprint density at radius 3 is 2.39 bits per heavy atom. The molecule has 2 atom stereocenters. The highest BCUT2D eigenvalue weighted by molar-refractivity contribution is 7.91. The van der Waals surface area contributed by atoms with Gasteiger partial charge in [-0.25, -0.2) is 8.42 Å². The summed E-state index contributed by atoms with van der Waals surface area (Å²) in [6.45, 7) is 3.80. The first kappa shape index (κ1) is 25.7. The summed E-state index contributed by atoms with van der Waals surface area (Å²) < 4.78 is 35.0. The number of rotatable bonds is 10. The maximum absolute atomic E-state index is 13.1. The number of aryl methyl sites for hydroxylation is 1. The minimum atomic E-state index is -3.29. The number of anilines is 1. The van der Waals surface area contributed by atoms with Crippen molar-refractivity contribution in [1.82, 2.24) is 0 Å². The third-order valence-electron chi connectivity index (χ3n) is 6.18. The van der Waals surface area contributed by atoms with Gasteiger partial charge in [-0.15, -0.1) is 0 Å². The minimum absolute atomic E-state index is 0.0225. The summed E-state index contributed by atoms with van der Waals surface area (Å²) in [4.78, 5) is 14.7. The molecule has 1 amide bonds. The van der Waals surface area contributed by atoms with Gasteiger partial charge in [0.05, 0.1) is 5.75 Å². The maximum Gasteiger partial charge on any atom is 0.268 e. The SMILES string of the molecule is CCS(=O)(=O)C[C@@H](O)COc1ccc(N2CCC(Oc3ccc(-c4ccccc4)cc3)C2=O)cc1C. The molecular weight excluding hydrogens is 478 g/mol. The molecule has 7 nitrogen and oxygen atoms in total. The van der Waals surface area contributed by atoms with Gasteiger partial charge in [0.15, 0.2) is 15.9 Å². The number of amides is 1. The molecule has 8 heteroatoms. The molecule has 1 unspecified atom stereocenters.